The second-order valence-electron chi connectivity index (χ2n) is 5.02. The van der Waals surface area contributed by atoms with E-state index in [1.54, 1.807) is 6.07 Å². The van der Waals surface area contributed by atoms with Crippen molar-refractivity contribution >= 4 is 5.91 Å². The van der Waals surface area contributed by atoms with Crippen LogP contribution in [0.3, 0.4) is 0 Å². The maximum Gasteiger partial charge on any atom is 0.257 e. The third-order valence-corrected chi connectivity index (χ3v) is 2.65. The molecule has 5 heteroatoms. The van der Waals surface area contributed by atoms with Gasteiger partial charge in [0.05, 0.1) is 0 Å². The first kappa shape index (κ1) is 16.4. The van der Waals surface area contributed by atoms with E-state index >= 15 is 0 Å². The maximum atomic E-state index is 13.2. The monoisotopic (exact) mass is 282 g/mol. The number of rotatable bonds is 8. The number of hydrogen-bond acceptors (Lipinski definition) is 3. The summed E-state index contributed by atoms with van der Waals surface area (Å²) in [5.74, 6) is 0.452. The van der Waals surface area contributed by atoms with Crippen molar-refractivity contribution in [2.24, 2.45) is 5.92 Å². The Labute approximate surface area is 119 Å². The van der Waals surface area contributed by atoms with E-state index in [1.807, 2.05) is 20.8 Å². The van der Waals surface area contributed by atoms with Crippen molar-refractivity contribution in [1.82, 2.24) is 10.6 Å². The highest BCUT2D eigenvalue weighted by Gasteiger charge is 2.08. The summed E-state index contributed by atoms with van der Waals surface area (Å²) < 4.78 is 18.7. The van der Waals surface area contributed by atoms with Crippen molar-refractivity contribution in [3.63, 3.8) is 0 Å². The van der Waals surface area contributed by atoms with E-state index in [-0.39, 0.29) is 18.3 Å². The summed E-state index contributed by atoms with van der Waals surface area (Å²) in [6, 6.07) is 4.30. The molecule has 0 unspecified atom stereocenters. The molecular weight excluding hydrogens is 259 g/mol. The minimum atomic E-state index is -0.311. The number of amides is 1. The quantitative estimate of drug-likeness (QED) is 0.767. The molecule has 0 atom stereocenters. The average molecular weight is 282 g/mol. The Morgan fingerprint density at radius 1 is 1.40 bits per heavy atom. The zero-order valence-corrected chi connectivity index (χ0v) is 12.3. The van der Waals surface area contributed by atoms with E-state index in [9.17, 15) is 9.18 Å². The highest BCUT2D eigenvalue weighted by atomic mass is 19.1. The first-order valence-electron chi connectivity index (χ1n) is 6.91. The van der Waals surface area contributed by atoms with Gasteiger partial charge in [-0.2, -0.15) is 0 Å². The van der Waals surface area contributed by atoms with Crippen LogP contribution >= 0.6 is 0 Å². The lowest BCUT2D eigenvalue weighted by molar-refractivity contribution is -0.123. The molecule has 1 aromatic rings. The molecular formula is C15H23FN2O2. The Hall–Kier alpha value is -1.62. The van der Waals surface area contributed by atoms with Gasteiger partial charge in [-0.05, 0) is 30.7 Å². The van der Waals surface area contributed by atoms with Crippen LogP contribution in [-0.2, 0) is 11.3 Å². The molecule has 0 spiro atoms. The molecule has 1 rings (SSSR count). The van der Waals surface area contributed by atoms with Gasteiger partial charge in [0.1, 0.15) is 11.6 Å². The highest BCUT2D eigenvalue weighted by Crippen LogP contribution is 2.19. The van der Waals surface area contributed by atoms with Crippen LogP contribution in [0.4, 0.5) is 4.39 Å². The van der Waals surface area contributed by atoms with Gasteiger partial charge in [0.15, 0.2) is 6.61 Å². The molecule has 0 radical (unpaired) electrons. The number of nitrogens with one attached hydrogen (secondary N) is 2. The summed E-state index contributed by atoms with van der Waals surface area (Å²) >= 11 is 0. The highest BCUT2D eigenvalue weighted by molar-refractivity contribution is 5.77. The van der Waals surface area contributed by atoms with Crippen LogP contribution < -0.4 is 15.4 Å². The van der Waals surface area contributed by atoms with E-state index < -0.39 is 0 Å². The smallest absolute Gasteiger partial charge is 0.257 e. The van der Waals surface area contributed by atoms with Gasteiger partial charge in [0.2, 0.25) is 0 Å². The molecule has 4 nitrogen and oxygen atoms in total. The summed E-state index contributed by atoms with van der Waals surface area (Å²) in [7, 11) is 0. The molecule has 0 aromatic heterocycles. The lowest BCUT2D eigenvalue weighted by Crippen LogP contribution is -2.31. The van der Waals surface area contributed by atoms with Gasteiger partial charge < -0.3 is 15.4 Å². The molecule has 0 saturated carbocycles. The van der Waals surface area contributed by atoms with Crippen molar-refractivity contribution in [2.75, 3.05) is 19.7 Å². The molecule has 0 aliphatic heterocycles. The number of carbonyl (C=O) groups excluding carboxylic acids is 1. The Kier molecular flexibility index (Phi) is 7.01. The third-order valence-electron chi connectivity index (χ3n) is 2.65. The van der Waals surface area contributed by atoms with Crippen molar-refractivity contribution < 1.29 is 13.9 Å². The molecule has 0 saturated heterocycles. The standard InChI is InChI=1S/C15H23FN2O2/c1-4-17-9-12-7-13(16)5-6-14(12)20-10-15(19)18-8-11(2)3/h5-7,11,17H,4,8-10H2,1-3H3,(H,18,19). The fourth-order valence-electron chi connectivity index (χ4n) is 1.60. The van der Waals surface area contributed by atoms with Gasteiger partial charge in [0.25, 0.3) is 5.91 Å². The van der Waals surface area contributed by atoms with Crippen molar-refractivity contribution in [3.8, 4) is 5.75 Å². The number of carbonyl (C=O) groups is 1. The number of ether oxygens (including phenoxy) is 1. The molecule has 112 valence electrons. The van der Waals surface area contributed by atoms with Gasteiger partial charge in [-0.25, -0.2) is 4.39 Å². The predicted molar refractivity (Wildman–Crippen MR) is 77.1 cm³/mol. The number of hydrogen-bond donors (Lipinski definition) is 2. The first-order chi connectivity index (χ1) is 9.52. The molecule has 0 heterocycles. The largest absolute Gasteiger partial charge is 0.483 e. The van der Waals surface area contributed by atoms with Crippen LogP contribution in [-0.4, -0.2) is 25.6 Å². The number of halogens is 1. The van der Waals surface area contributed by atoms with Gasteiger partial charge in [-0.3, -0.25) is 4.79 Å². The molecule has 0 aliphatic carbocycles. The first-order valence-corrected chi connectivity index (χ1v) is 6.91. The van der Waals surface area contributed by atoms with Crippen molar-refractivity contribution in [2.45, 2.75) is 27.3 Å². The summed E-state index contributed by atoms with van der Waals surface area (Å²) in [5, 5.41) is 5.89. The summed E-state index contributed by atoms with van der Waals surface area (Å²) in [5.41, 5.74) is 0.712. The van der Waals surface area contributed by atoms with Gasteiger partial charge >= 0.3 is 0 Å². The van der Waals surface area contributed by atoms with Crippen LogP contribution in [0.2, 0.25) is 0 Å². The van der Waals surface area contributed by atoms with Crippen LogP contribution in [0.5, 0.6) is 5.75 Å². The van der Waals surface area contributed by atoms with Gasteiger partial charge in [-0.15, -0.1) is 0 Å². The summed E-state index contributed by atoms with van der Waals surface area (Å²) in [6.45, 7) is 7.87. The molecule has 0 bridgehead atoms. The Morgan fingerprint density at radius 3 is 2.80 bits per heavy atom. The molecule has 0 fully saturated rings. The second kappa shape index (κ2) is 8.53. The third kappa shape index (κ3) is 6.02. The molecule has 2 N–H and O–H groups in total. The Bertz CT molecular complexity index is 436. The zero-order valence-electron chi connectivity index (χ0n) is 12.3. The fourth-order valence-corrected chi connectivity index (χ4v) is 1.60. The SMILES string of the molecule is CCNCc1cc(F)ccc1OCC(=O)NCC(C)C. The second-order valence-corrected chi connectivity index (χ2v) is 5.02. The number of benzene rings is 1. The molecule has 0 aliphatic rings. The molecule has 20 heavy (non-hydrogen) atoms. The molecule has 1 amide bonds. The summed E-state index contributed by atoms with van der Waals surface area (Å²) in [6.07, 6.45) is 0. The van der Waals surface area contributed by atoms with Crippen LogP contribution in [0.1, 0.15) is 26.3 Å². The van der Waals surface area contributed by atoms with Crippen LogP contribution in [0, 0.1) is 11.7 Å². The lowest BCUT2D eigenvalue weighted by atomic mass is 10.2. The average Bonchev–Trinajstić information content (AvgIpc) is 2.41. The van der Waals surface area contributed by atoms with E-state index in [2.05, 4.69) is 10.6 Å². The minimum absolute atomic E-state index is 0.0581. The zero-order chi connectivity index (χ0) is 15.0. The van der Waals surface area contributed by atoms with Crippen LogP contribution in [0.25, 0.3) is 0 Å². The van der Waals surface area contributed by atoms with E-state index in [0.717, 1.165) is 6.54 Å². The normalized spacial score (nSPS) is 10.7. The van der Waals surface area contributed by atoms with Gasteiger partial charge in [-0.1, -0.05) is 20.8 Å². The molecule has 1 aromatic carbocycles. The van der Waals surface area contributed by atoms with E-state index in [1.165, 1.54) is 12.1 Å². The predicted octanol–water partition coefficient (Wildman–Crippen LogP) is 2.09. The van der Waals surface area contributed by atoms with Gasteiger partial charge in [0, 0.05) is 18.7 Å². The Morgan fingerprint density at radius 2 is 2.15 bits per heavy atom. The summed E-state index contributed by atoms with van der Waals surface area (Å²) in [4.78, 5) is 11.6. The Balaban J connectivity index is 2.55. The topological polar surface area (TPSA) is 50.4 Å². The van der Waals surface area contributed by atoms with Crippen LogP contribution in [0.15, 0.2) is 18.2 Å². The fraction of sp³-hybridized carbons (Fsp3) is 0.533. The van der Waals surface area contributed by atoms with Crippen molar-refractivity contribution in [1.29, 1.82) is 0 Å². The minimum Gasteiger partial charge on any atom is -0.483 e. The van der Waals surface area contributed by atoms with E-state index in [4.69, 9.17) is 4.74 Å². The lowest BCUT2D eigenvalue weighted by Gasteiger charge is -2.12. The maximum absolute atomic E-state index is 13.2. The van der Waals surface area contributed by atoms with Crippen molar-refractivity contribution in [3.05, 3.63) is 29.6 Å². The van der Waals surface area contributed by atoms with E-state index in [0.29, 0.717) is 30.3 Å².